The molecule has 1 fully saturated rings. The molecule has 2 unspecified atom stereocenters. The van der Waals surface area contributed by atoms with Gasteiger partial charge >= 0.3 is 0 Å². The van der Waals surface area contributed by atoms with Crippen molar-refractivity contribution in [2.45, 2.75) is 25.6 Å². The summed E-state index contributed by atoms with van der Waals surface area (Å²) in [5, 5.41) is 19.9. The van der Waals surface area contributed by atoms with Crippen molar-refractivity contribution in [3.8, 4) is 11.5 Å². The van der Waals surface area contributed by atoms with Crippen molar-refractivity contribution in [3.63, 3.8) is 0 Å². The monoisotopic (exact) mass is 416 g/mol. The lowest BCUT2D eigenvalue weighted by Gasteiger charge is -2.44. The van der Waals surface area contributed by atoms with Crippen LogP contribution in [0.4, 0.5) is 0 Å². The van der Waals surface area contributed by atoms with Gasteiger partial charge in [-0.2, -0.15) is 0 Å². The van der Waals surface area contributed by atoms with Crippen LogP contribution in [0.1, 0.15) is 40.0 Å². The average molecular weight is 417 g/mol. The predicted octanol–water partition coefficient (Wildman–Crippen LogP) is 4.21. The second kappa shape index (κ2) is 9.33. The van der Waals surface area contributed by atoms with Crippen LogP contribution in [0.3, 0.4) is 0 Å². The number of carbonyl (C=O) groups excluding carboxylic acids is 1. The summed E-state index contributed by atoms with van der Waals surface area (Å²) in [5.41, 5.74) is 3.81. The quantitative estimate of drug-likeness (QED) is 0.590. The number of rotatable bonds is 6. The Hall–Kier alpha value is -3.15. The van der Waals surface area contributed by atoms with E-state index < -0.39 is 0 Å². The van der Waals surface area contributed by atoms with Crippen LogP contribution in [0.5, 0.6) is 11.5 Å². The summed E-state index contributed by atoms with van der Waals surface area (Å²) >= 11 is 0. The molecule has 1 aliphatic rings. The lowest BCUT2D eigenvalue weighted by Crippen LogP contribution is -2.52. The lowest BCUT2D eigenvalue weighted by molar-refractivity contribution is 0.0567. The Morgan fingerprint density at radius 3 is 2.29 bits per heavy atom. The SMILES string of the molecule is CC1CN(Cc2cccc(O)c2)CCN1C(c1cccc(O)c1)c1cccc(C=O)c1. The maximum Gasteiger partial charge on any atom is 0.150 e. The minimum atomic E-state index is -0.0510. The number of carbonyl (C=O) groups is 1. The first-order valence-electron chi connectivity index (χ1n) is 10.6. The second-order valence-electron chi connectivity index (χ2n) is 8.28. The van der Waals surface area contributed by atoms with E-state index in [-0.39, 0.29) is 17.8 Å². The summed E-state index contributed by atoms with van der Waals surface area (Å²) in [6.45, 7) is 5.64. The number of hydrogen-bond acceptors (Lipinski definition) is 5. The Morgan fingerprint density at radius 1 is 0.935 bits per heavy atom. The molecule has 31 heavy (non-hydrogen) atoms. The molecule has 0 saturated carbocycles. The number of hydrogen-bond donors (Lipinski definition) is 2. The van der Waals surface area contributed by atoms with Crippen LogP contribution in [0, 0.1) is 0 Å². The molecule has 5 heteroatoms. The number of phenolic OH excluding ortho intramolecular Hbond substituents is 2. The van der Waals surface area contributed by atoms with Crippen LogP contribution in [0.15, 0.2) is 72.8 Å². The number of phenols is 2. The standard InChI is InChI=1S/C26H28N2O3/c1-19-16-27(17-20-5-3-9-24(30)14-20)11-12-28(19)26(23-8-4-10-25(31)15-23)22-7-2-6-21(13-22)18-29/h2-10,13-15,18-19,26,30-31H,11-12,16-17H2,1H3. The predicted molar refractivity (Wildman–Crippen MR) is 121 cm³/mol. The van der Waals surface area contributed by atoms with Gasteiger partial charge in [0.1, 0.15) is 17.8 Å². The van der Waals surface area contributed by atoms with Gasteiger partial charge in [-0.25, -0.2) is 0 Å². The van der Waals surface area contributed by atoms with Crippen LogP contribution >= 0.6 is 0 Å². The molecular formula is C26H28N2O3. The molecule has 2 atom stereocenters. The molecule has 2 N–H and O–H groups in total. The fraction of sp³-hybridized carbons (Fsp3) is 0.269. The fourth-order valence-corrected chi connectivity index (χ4v) is 4.56. The van der Waals surface area contributed by atoms with Gasteiger partial charge in [-0.15, -0.1) is 0 Å². The molecule has 1 heterocycles. The molecular weight excluding hydrogens is 388 g/mol. The van der Waals surface area contributed by atoms with Gasteiger partial charge in [-0.05, 0) is 53.9 Å². The van der Waals surface area contributed by atoms with Crippen molar-refractivity contribution in [2.24, 2.45) is 0 Å². The molecule has 0 bridgehead atoms. The van der Waals surface area contributed by atoms with Gasteiger partial charge in [-0.3, -0.25) is 14.6 Å². The second-order valence-corrected chi connectivity index (χ2v) is 8.28. The van der Waals surface area contributed by atoms with Gasteiger partial charge in [0.25, 0.3) is 0 Å². The van der Waals surface area contributed by atoms with Gasteiger partial charge < -0.3 is 10.2 Å². The first kappa shape index (κ1) is 21.1. The minimum absolute atomic E-state index is 0.0510. The zero-order valence-corrected chi connectivity index (χ0v) is 17.7. The van der Waals surface area contributed by atoms with E-state index in [1.807, 2.05) is 60.7 Å². The molecule has 0 aromatic heterocycles. The molecule has 0 amide bonds. The zero-order chi connectivity index (χ0) is 21.8. The Labute approximate surface area is 183 Å². The Morgan fingerprint density at radius 2 is 1.61 bits per heavy atom. The molecule has 1 saturated heterocycles. The highest BCUT2D eigenvalue weighted by molar-refractivity contribution is 5.75. The Balaban J connectivity index is 1.59. The van der Waals surface area contributed by atoms with Gasteiger partial charge in [0.05, 0.1) is 6.04 Å². The summed E-state index contributed by atoms with van der Waals surface area (Å²) in [5.74, 6) is 0.535. The molecule has 3 aromatic rings. The topological polar surface area (TPSA) is 64.0 Å². The molecule has 1 aliphatic heterocycles. The number of aromatic hydroxyl groups is 2. The number of aldehydes is 1. The third kappa shape index (κ3) is 4.95. The largest absolute Gasteiger partial charge is 0.508 e. The molecule has 160 valence electrons. The molecule has 0 spiro atoms. The van der Waals surface area contributed by atoms with Crippen molar-refractivity contribution in [1.82, 2.24) is 9.80 Å². The van der Waals surface area contributed by atoms with Gasteiger partial charge in [0.15, 0.2) is 0 Å². The first-order valence-corrected chi connectivity index (χ1v) is 10.6. The maximum absolute atomic E-state index is 11.4. The third-order valence-electron chi connectivity index (χ3n) is 5.96. The molecule has 4 rings (SSSR count). The van der Waals surface area contributed by atoms with E-state index in [0.717, 1.165) is 49.2 Å². The zero-order valence-electron chi connectivity index (χ0n) is 17.7. The Bertz CT molecular complexity index is 1050. The molecule has 5 nitrogen and oxygen atoms in total. The van der Waals surface area contributed by atoms with Crippen LogP contribution in [0.2, 0.25) is 0 Å². The maximum atomic E-state index is 11.4. The van der Waals surface area contributed by atoms with E-state index in [4.69, 9.17) is 0 Å². The van der Waals surface area contributed by atoms with Crippen LogP contribution < -0.4 is 0 Å². The third-order valence-corrected chi connectivity index (χ3v) is 5.96. The van der Waals surface area contributed by atoms with Crippen molar-refractivity contribution < 1.29 is 15.0 Å². The van der Waals surface area contributed by atoms with Crippen molar-refractivity contribution in [3.05, 3.63) is 95.1 Å². The number of piperazine rings is 1. The van der Waals surface area contributed by atoms with Crippen LogP contribution in [-0.4, -0.2) is 52.0 Å². The van der Waals surface area contributed by atoms with Crippen LogP contribution in [-0.2, 0) is 6.54 Å². The van der Waals surface area contributed by atoms with E-state index in [1.54, 1.807) is 12.1 Å². The van der Waals surface area contributed by atoms with Crippen molar-refractivity contribution in [2.75, 3.05) is 19.6 Å². The first-order chi connectivity index (χ1) is 15.0. The van der Waals surface area contributed by atoms with Gasteiger partial charge in [-0.1, -0.05) is 42.5 Å². The summed E-state index contributed by atoms with van der Waals surface area (Å²) in [6, 6.07) is 22.7. The van der Waals surface area contributed by atoms with E-state index in [2.05, 4.69) is 16.7 Å². The normalized spacial score (nSPS) is 18.5. The molecule has 3 aromatic carbocycles. The van der Waals surface area contributed by atoms with E-state index in [1.165, 1.54) is 0 Å². The minimum Gasteiger partial charge on any atom is -0.508 e. The molecule has 0 aliphatic carbocycles. The van der Waals surface area contributed by atoms with Crippen LogP contribution in [0.25, 0.3) is 0 Å². The summed E-state index contributed by atoms with van der Waals surface area (Å²) in [6.07, 6.45) is 0.875. The summed E-state index contributed by atoms with van der Waals surface area (Å²) < 4.78 is 0. The van der Waals surface area contributed by atoms with Crippen molar-refractivity contribution >= 4 is 6.29 Å². The summed E-state index contributed by atoms with van der Waals surface area (Å²) in [4.78, 5) is 16.2. The highest BCUT2D eigenvalue weighted by Crippen LogP contribution is 2.34. The van der Waals surface area contributed by atoms with Gasteiger partial charge in [0, 0.05) is 37.8 Å². The summed E-state index contributed by atoms with van der Waals surface area (Å²) in [7, 11) is 0. The van der Waals surface area contributed by atoms with E-state index in [0.29, 0.717) is 11.3 Å². The highest BCUT2D eigenvalue weighted by atomic mass is 16.3. The van der Waals surface area contributed by atoms with E-state index >= 15 is 0 Å². The van der Waals surface area contributed by atoms with E-state index in [9.17, 15) is 15.0 Å². The van der Waals surface area contributed by atoms with Gasteiger partial charge in [0.2, 0.25) is 0 Å². The highest BCUT2D eigenvalue weighted by Gasteiger charge is 2.31. The number of benzene rings is 3. The Kier molecular flexibility index (Phi) is 6.35. The number of nitrogens with zero attached hydrogens (tertiary/aromatic N) is 2. The average Bonchev–Trinajstić information content (AvgIpc) is 2.76. The smallest absolute Gasteiger partial charge is 0.150 e. The van der Waals surface area contributed by atoms with Crippen molar-refractivity contribution in [1.29, 1.82) is 0 Å². The lowest BCUT2D eigenvalue weighted by atomic mass is 9.93. The molecule has 0 radical (unpaired) electrons. The fourth-order valence-electron chi connectivity index (χ4n) is 4.56.